The monoisotopic (exact) mass is 339 g/mol. The van der Waals surface area contributed by atoms with Gasteiger partial charge >= 0.3 is 0 Å². The summed E-state index contributed by atoms with van der Waals surface area (Å²) in [7, 11) is 0. The fourth-order valence-corrected chi connectivity index (χ4v) is 2.73. The summed E-state index contributed by atoms with van der Waals surface area (Å²) >= 11 is 3.20. The lowest BCUT2D eigenvalue weighted by atomic mass is 10.4. The number of aromatic nitrogens is 5. The average Bonchev–Trinajstić information content (AvgIpc) is 3.06. The highest BCUT2D eigenvalue weighted by atomic mass is 32.1. The van der Waals surface area contributed by atoms with Gasteiger partial charge in [0.25, 0.3) is 0 Å². The van der Waals surface area contributed by atoms with Gasteiger partial charge < -0.3 is 4.52 Å². The van der Waals surface area contributed by atoms with Crippen LogP contribution in [0.1, 0.15) is 38.1 Å². The van der Waals surface area contributed by atoms with Crippen LogP contribution >= 0.6 is 22.9 Å². The van der Waals surface area contributed by atoms with Gasteiger partial charge in [-0.2, -0.15) is 9.36 Å². The van der Waals surface area contributed by atoms with Crippen molar-refractivity contribution in [3.8, 4) is 0 Å². The lowest BCUT2D eigenvalue weighted by Crippen LogP contribution is -1.71. The molecular weight excluding hydrogens is 318 g/mol. The number of hydrogen-bond acceptors (Lipinski definition) is 8. The van der Waals surface area contributed by atoms with Crippen molar-refractivity contribution >= 4 is 22.9 Å². The first-order valence-corrected chi connectivity index (χ1v) is 8.31. The van der Waals surface area contributed by atoms with Crippen LogP contribution in [-0.2, 0) is 0 Å². The van der Waals surface area contributed by atoms with Crippen LogP contribution in [0.3, 0.4) is 0 Å². The topological polar surface area (TPSA) is 77.6 Å². The van der Waals surface area contributed by atoms with E-state index in [1.807, 2.05) is 27.7 Å². The molecule has 0 fully saturated rings. The van der Waals surface area contributed by atoms with E-state index >= 15 is 0 Å². The Morgan fingerprint density at radius 3 is 1.59 bits per heavy atom. The predicted octanol–water partition coefficient (Wildman–Crippen LogP) is 3.91. The highest BCUT2D eigenvalue weighted by Gasteiger charge is 1.95. The van der Waals surface area contributed by atoms with Crippen molar-refractivity contribution in [1.29, 1.82) is 0 Å². The van der Waals surface area contributed by atoms with Gasteiger partial charge in [-0.1, -0.05) is 5.16 Å². The third kappa shape index (κ3) is 6.86. The van der Waals surface area contributed by atoms with Gasteiger partial charge in [-0.3, -0.25) is 0 Å². The second-order valence-corrected chi connectivity index (χ2v) is 6.96. The highest BCUT2D eigenvalue weighted by molar-refractivity contribution is 7.11. The maximum atomic E-state index is 4.60. The minimum atomic E-state index is 0.623. The number of nitrogens with zero attached hydrogens (tertiary/aromatic N) is 5. The van der Waals surface area contributed by atoms with E-state index in [1.54, 1.807) is 25.2 Å². The summed E-state index contributed by atoms with van der Waals surface area (Å²) in [5.41, 5.74) is 1.17. The molecule has 120 valence electrons. The largest absolute Gasteiger partial charge is 0.340 e. The quantitative estimate of drug-likeness (QED) is 0.618. The molecule has 3 aromatic rings. The molecule has 0 amide bonds. The molecule has 0 unspecified atom stereocenters. The first-order valence-electron chi connectivity index (χ1n) is 6.72. The van der Waals surface area contributed by atoms with E-state index in [1.165, 1.54) is 27.1 Å². The van der Waals surface area contributed by atoms with Crippen LogP contribution in [0.15, 0.2) is 4.52 Å². The van der Waals surface area contributed by atoms with Gasteiger partial charge in [0.15, 0.2) is 5.82 Å². The first kappa shape index (κ1) is 18.4. The molecule has 6 nitrogen and oxygen atoms in total. The van der Waals surface area contributed by atoms with E-state index < -0.39 is 0 Å². The molecule has 0 atom stereocenters. The Hall–Kier alpha value is -1.67. The summed E-state index contributed by atoms with van der Waals surface area (Å²) < 4.78 is 8.55. The van der Waals surface area contributed by atoms with E-state index in [9.17, 15) is 0 Å². The number of rotatable bonds is 0. The van der Waals surface area contributed by atoms with Crippen molar-refractivity contribution in [2.24, 2.45) is 0 Å². The Labute approximate surface area is 138 Å². The molecule has 0 saturated carbocycles. The number of thiazole rings is 1. The fourth-order valence-electron chi connectivity index (χ4n) is 1.43. The summed E-state index contributed by atoms with van der Waals surface area (Å²) in [4.78, 5) is 13.4. The van der Waals surface area contributed by atoms with Crippen molar-refractivity contribution < 1.29 is 4.52 Å². The smallest absolute Gasteiger partial charge is 0.223 e. The van der Waals surface area contributed by atoms with Gasteiger partial charge in [0, 0.05) is 11.8 Å². The summed E-state index contributed by atoms with van der Waals surface area (Å²) in [6.45, 7) is 13.6. The lowest BCUT2D eigenvalue weighted by molar-refractivity contribution is 0.389. The van der Waals surface area contributed by atoms with Crippen LogP contribution in [0.5, 0.6) is 0 Å². The molecule has 22 heavy (non-hydrogen) atoms. The third-order valence-electron chi connectivity index (χ3n) is 2.39. The van der Waals surface area contributed by atoms with Crippen LogP contribution in [-0.4, -0.2) is 24.5 Å². The Bertz CT molecular complexity index is 611. The molecule has 0 saturated heterocycles. The molecule has 0 spiro atoms. The van der Waals surface area contributed by atoms with Crippen LogP contribution < -0.4 is 0 Å². The zero-order valence-electron chi connectivity index (χ0n) is 14.0. The minimum Gasteiger partial charge on any atom is -0.340 e. The van der Waals surface area contributed by atoms with Gasteiger partial charge in [-0.15, -0.1) is 11.3 Å². The molecule has 3 heterocycles. The lowest BCUT2D eigenvalue weighted by Gasteiger charge is -1.77. The van der Waals surface area contributed by atoms with Crippen molar-refractivity contribution in [1.82, 2.24) is 24.5 Å². The second kappa shape index (κ2) is 8.70. The van der Waals surface area contributed by atoms with Gasteiger partial charge in [-0.05, 0) is 53.1 Å². The van der Waals surface area contributed by atoms with E-state index in [0.717, 1.165) is 10.8 Å². The zero-order valence-corrected chi connectivity index (χ0v) is 15.6. The molecule has 3 rings (SSSR count). The Morgan fingerprint density at radius 1 is 0.773 bits per heavy atom. The van der Waals surface area contributed by atoms with E-state index in [4.69, 9.17) is 0 Å². The molecule has 3 aromatic heterocycles. The molecule has 0 N–H and O–H groups in total. The predicted molar refractivity (Wildman–Crippen MR) is 89.5 cm³/mol. The average molecular weight is 339 g/mol. The van der Waals surface area contributed by atoms with Gasteiger partial charge in [0.1, 0.15) is 10.8 Å². The molecule has 0 bridgehead atoms. The molecule has 0 aromatic carbocycles. The van der Waals surface area contributed by atoms with Crippen LogP contribution in [0.4, 0.5) is 0 Å². The van der Waals surface area contributed by atoms with E-state index in [0.29, 0.717) is 11.7 Å². The summed E-state index contributed by atoms with van der Waals surface area (Å²) in [6, 6.07) is 0. The van der Waals surface area contributed by atoms with Crippen LogP contribution in [0.25, 0.3) is 0 Å². The molecule has 0 aliphatic rings. The SMILES string of the molecule is Cc1nc(C)c(C)s1.Cc1noc(C)n1.Cc1nsc(C)n1. The molecule has 0 radical (unpaired) electrons. The number of aryl methyl sites for hydroxylation is 7. The summed E-state index contributed by atoms with van der Waals surface area (Å²) in [5, 5.41) is 5.74. The standard InChI is InChI=1S/C6H9NS.C4H6N2O.C4H6N2S/c1-4-5(2)8-6(3)7-4;2*1-3-5-4(2)7-6-3/h1-3H3;2*1-2H3. The first-order chi connectivity index (χ1) is 10.3. The third-order valence-corrected chi connectivity index (χ3v) is 4.09. The summed E-state index contributed by atoms with van der Waals surface area (Å²) in [5.74, 6) is 2.19. The van der Waals surface area contributed by atoms with Gasteiger partial charge in [-0.25, -0.2) is 9.97 Å². The maximum absolute atomic E-state index is 4.60. The minimum absolute atomic E-state index is 0.623. The van der Waals surface area contributed by atoms with Crippen LogP contribution in [0.2, 0.25) is 0 Å². The Morgan fingerprint density at radius 2 is 1.45 bits per heavy atom. The van der Waals surface area contributed by atoms with E-state index in [-0.39, 0.29) is 0 Å². The summed E-state index contributed by atoms with van der Waals surface area (Å²) in [6.07, 6.45) is 0. The fraction of sp³-hybridized carbons (Fsp3) is 0.500. The van der Waals surface area contributed by atoms with Crippen molar-refractivity contribution in [2.45, 2.75) is 48.5 Å². The van der Waals surface area contributed by atoms with Gasteiger partial charge in [0.2, 0.25) is 5.89 Å². The van der Waals surface area contributed by atoms with E-state index in [2.05, 4.69) is 35.9 Å². The molecule has 0 aliphatic carbocycles. The Balaban J connectivity index is 0.000000166. The van der Waals surface area contributed by atoms with Crippen LogP contribution in [0, 0.1) is 48.5 Å². The Kier molecular flexibility index (Phi) is 7.26. The highest BCUT2D eigenvalue weighted by Crippen LogP contribution is 2.14. The second-order valence-electron chi connectivity index (χ2n) is 4.60. The molecule has 0 aliphatic heterocycles. The normalized spacial score (nSPS) is 9.59. The van der Waals surface area contributed by atoms with Crippen molar-refractivity contribution in [3.05, 3.63) is 38.1 Å². The molecule has 8 heteroatoms. The molecular formula is C14H21N5OS2. The zero-order chi connectivity index (χ0) is 16.7. The van der Waals surface area contributed by atoms with Crippen molar-refractivity contribution in [2.75, 3.05) is 0 Å². The maximum Gasteiger partial charge on any atom is 0.223 e. The van der Waals surface area contributed by atoms with Gasteiger partial charge in [0.05, 0.1) is 10.7 Å². The number of hydrogen-bond donors (Lipinski definition) is 0. The van der Waals surface area contributed by atoms with Crippen molar-refractivity contribution in [3.63, 3.8) is 0 Å².